The van der Waals surface area contributed by atoms with E-state index in [0.29, 0.717) is 22.5 Å². The Labute approximate surface area is 139 Å². The van der Waals surface area contributed by atoms with Gasteiger partial charge in [-0.2, -0.15) is 0 Å². The topological polar surface area (TPSA) is 9.23 Å². The fourth-order valence-electron chi connectivity index (χ4n) is 1.82. The van der Waals surface area contributed by atoms with E-state index in [9.17, 15) is 0 Å². The standard InChI is InChI=1S/C17H13Cl3O/c1-12-9-13(3-2-8-18)4-7-17(12)21-11-14-5-6-15(19)10-16(14)20/h4-7,9-10H,8,11H2,1H3. The fourth-order valence-corrected chi connectivity index (χ4v) is 2.35. The lowest BCUT2D eigenvalue weighted by atomic mass is 10.1. The summed E-state index contributed by atoms with van der Waals surface area (Å²) < 4.78 is 5.80. The quantitative estimate of drug-likeness (QED) is 0.532. The molecule has 0 saturated heterocycles. The highest BCUT2D eigenvalue weighted by atomic mass is 35.5. The van der Waals surface area contributed by atoms with Crippen molar-refractivity contribution in [3.63, 3.8) is 0 Å². The molecule has 1 nitrogen and oxygen atoms in total. The van der Waals surface area contributed by atoms with Gasteiger partial charge in [0, 0.05) is 21.2 Å². The average molecular weight is 340 g/mol. The smallest absolute Gasteiger partial charge is 0.122 e. The van der Waals surface area contributed by atoms with Crippen LogP contribution < -0.4 is 4.74 Å². The van der Waals surface area contributed by atoms with Crippen molar-refractivity contribution in [2.45, 2.75) is 13.5 Å². The first-order valence-electron chi connectivity index (χ1n) is 6.32. The maximum absolute atomic E-state index is 6.12. The summed E-state index contributed by atoms with van der Waals surface area (Å²) in [5.74, 6) is 6.93. The number of ether oxygens (including phenoxy) is 1. The van der Waals surface area contributed by atoms with Crippen molar-refractivity contribution in [2.75, 3.05) is 5.88 Å². The van der Waals surface area contributed by atoms with Gasteiger partial charge in [-0.1, -0.05) is 41.1 Å². The summed E-state index contributed by atoms with van der Waals surface area (Å²) in [6, 6.07) is 11.1. The molecule has 0 unspecified atom stereocenters. The van der Waals surface area contributed by atoms with Crippen molar-refractivity contribution < 1.29 is 4.74 Å². The lowest BCUT2D eigenvalue weighted by molar-refractivity contribution is 0.304. The van der Waals surface area contributed by atoms with E-state index in [1.165, 1.54) is 0 Å². The summed E-state index contributed by atoms with van der Waals surface area (Å²) in [6.07, 6.45) is 0. The van der Waals surface area contributed by atoms with Gasteiger partial charge in [-0.05, 0) is 42.8 Å². The van der Waals surface area contributed by atoms with Crippen LogP contribution in [-0.2, 0) is 6.61 Å². The van der Waals surface area contributed by atoms with Crippen LogP contribution in [0, 0.1) is 18.8 Å². The van der Waals surface area contributed by atoms with E-state index in [1.807, 2.05) is 31.2 Å². The molecule has 0 aromatic heterocycles. The third kappa shape index (κ3) is 4.58. The molecule has 0 N–H and O–H groups in total. The van der Waals surface area contributed by atoms with Crippen LogP contribution in [0.4, 0.5) is 0 Å². The Kier molecular flexibility index (Phi) is 5.82. The molecule has 0 fully saturated rings. The molecule has 0 radical (unpaired) electrons. The first-order valence-corrected chi connectivity index (χ1v) is 7.61. The number of halogens is 3. The van der Waals surface area contributed by atoms with Crippen LogP contribution in [0.25, 0.3) is 0 Å². The second-order valence-corrected chi connectivity index (χ2v) is 5.55. The predicted octanol–water partition coefficient (Wildman–Crippen LogP) is 5.47. The van der Waals surface area contributed by atoms with Gasteiger partial charge in [-0.15, -0.1) is 11.6 Å². The molecule has 0 bridgehead atoms. The zero-order valence-electron chi connectivity index (χ0n) is 11.4. The van der Waals surface area contributed by atoms with Crippen LogP contribution in [0.15, 0.2) is 36.4 Å². The Morgan fingerprint density at radius 3 is 2.57 bits per heavy atom. The minimum absolute atomic E-state index is 0.326. The highest BCUT2D eigenvalue weighted by Gasteiger charge is 2.04. The van der Waals surface area contributed by atoms with E-state index in [1.54, 1.807) is 12.1 Å². The molecule has 0 atom stereocenters. The molecule has 2 aromatic rings. The Hall–Kier alpha value is -1.33. The van der Waals surface area contributed by atoms with Crippen LogP contribution in [0.5, 0.6) is 5.75 Å². The normalized spacial score (nSPS) is 9.90. The molecule has 4 heteroatoms. The van der Waals surface area contributed by atoms with Crippen LogP contribution in [0.3, 0.4) is 0 Å². The Morgan fingerprint density at radius 2 is 1.90 bits per heavy atom. The van der Waals surface area contributed by atoms with Crippen LogP contribution in [0.2, 0.25) is 10.0 Å². The average Bonchev–Trinajstić information content (AvgIpc) is 2.45. The van der Waals surface area contributed by atoms with Gasteiger partial charge >= 0.3 is 0 Å². The zero-order valence-corrected chi connectivity index (χ0v) is 13.7. The molecule has 2 rings (SSSR count). The highest BCUT2D eigenvalue weighted by molar-refractivity contribution is 6.35. The minimum atomic E-state index is 0.326. The van der Waals surface area contributed by atoms with Gasteiger partial charge in [-0.3, -0.25) is 0 Å². The maximum atomic E-state index is 6.12. The third-order valence-corrected chi connectivity index (χ3v) is 3.59. The van der Waals surface area contributed by atoms with Crippen molar-refractivity contribution in [3.8, 4) is 17.6 Å². The Bertz CT molecular complexity index is 699. The third-order valence-electron chi connectivity index (χ3n) is 2.87. The molecule has 0 aliphatic rings. The van der Waals surface area contributed by atoms with E-state index >= 15 is 0 Å². The molecule has 21 heavy (non-hydrogen) atoms. The first-order chi connectivity index (χ1) is 10.1. The summed E-state index contributed by atoms with van der Waals surface area (Å²) in [5, 5.41) is 1.21. The number of aryl methyl sites for hydroxylation is 1. The SMILES string of the molecule is Cc1cc(C#CCCl)ccc1OCc1ccc(Cl)cc1Cl. The molecule has 108 valence electrons. The van der Waals surface area contributed by atoms with Crippen molar-refractivity contribution in [2.24, 2.45) is 0 Å². The van der Waals surface area contributed by atoms with Crippen LogP contribution in [0.1, 0.15) is 16.7 Å². The van der Waals surface area contributed by atoms with E-state index in [4.69, 9.17) is 39.5 Å². The van der Waals surface area contributed by atoms with Crippen molar-refractivity contribution in [3.05, 3.63) is 63.1 Å². The summed E-state index contributed by atoms with van der Waals surface area (Å²) >= 11 is 17.5. The lowest BCUT2D eigenvalue weighted by Gasteiger charge is -2.10. The van der Waals surface area contributed by atoms with Gasteiger partial charge in [0.1, 0.15) is 12.4 Å². The van der Waals surface area contributed by atoms with Gasteiger partial charge in [-0.25, -0.2) is 0 Å². The number of hydrogen-bond acceptors (Lipinski definition) is 1. The van der Waals surface area contributed by atoms with Crippen molar-refractivity contribution in [1.29, 1.82) is 0 Å². The molecule has 0 spiro atoms. The molecule has 0 heterocycles. The van der Waals surface area contributed by atoms with Gasteiger partial charge in [0.15, 0.2) is 0 Å². The highest BCUT2D eigenvalue weighted by Crippen LogP contribution is 2.24. The van der Waals surface area contributed by atoms with Crippen molar-refractivity contribution in [1.82, 2.24) is 0 Å². The summed E-state index contributed by atoms with van der Waals surface area (Å²) in [7, 11) is 0. The largest absolute Gasteiger partial charge is 0.489 e. The van der Waals surface area contributed by atoms with Gasteiger partial charge in [0.2, 0.25) is 0 Å². The minimum Gasteiger partial charge on any atom is -0.489 e. The van der Waals surface area contributed by atoms with E-state index in [2.05, 4.69) is 11.8 Å². The molecular formula is C17H13Cl3O. The molecule has 2 aromatic carbocycles. The fraction of sp³-hybridized carbons (Fsp3) is 0.176. The number of rotatable bonds is 3. The maximum Gasteiger partial charge on any atom is 0.122 e. The molecular weight excluding hydrogens is 327 g/mol. The Morgan fingerprint density at radius 1 is 1.10 bits per heavy atom. The number of benzene rings is 2. The predicted molar refractivity (Wildman–Crippen MR) is 89.6 cm³/mol. The van der Waals surface area contributed by atoms with Crippen LogP contribution in [-0.4, -0.2) is 5.88 Å². The molecule has 0 aliphatic heterocycles. The summed E-state index contributed by atoms with van der Waals surface area (Å²) in [4.78, 5) is 0. The number of alkyl halides is 1. The summed E-state index contributed by atoms with van der Waals surface area (Å²) in [6.45, 7) is 2.37. The molecule has 0 saturated carbocycles. The van der Waals surface area contributed by atoms with E-state index in [-0.39, 0.29) is 0 Å². The van der Waals surface area contributed by atoms with Crippen LogP contribution >= 0.6 is 34.8 Å². The van der Waals surface area contributed by atoms with E-state index < -0.39 is 0 Å². The van der Waals surface area contributed by atoms with Crippen molar-refractivity contribution >= 4 is 34.8 Å². The molecule has 0 amide bonds. The van der Waals surface area contributed by atoms with Gasteiger partial charge in [0.25, 0.3) is 0 Å². The summed E-state index contributed by atoms with van der Waals surface area (Å²) in [5.41, 5.74) is 2.83. The second-order valence-electron chi connectivity index (χ2n) is 4.44. The monoisotopic (exact) mass is 338 g/mol. The number of hydrogen-bond donors (Lipinski definition) is 0. The van der Waals surface area contributed by atoms with E-state index in [0.717, 1.165) is 22.4 Å². The lowest BCUT2D eigenvalue weighted by Crippen LogP contribution is -1.98. The second kappa shape index (κ2) is 7.61. The van der Waals surface area contributed by atoms with Gasteiger partial charge < -0.3 is 4.74 Å². The zero-order chi connectivity index (χ0) is 15.2. The molecule has 0 aliphatic carbocycles. The first kappa shape index (κ1) is 16.0. The van der Waals surface area contributed by atoms with Gasteiger partial charge in [0.05, 0.1) is 5.88 Å². The Balaban J connectivity index is 2.09.